The van der Waals surface area contributed by atoms with Gasteiger partial charge in [-0.05, 0) is 29.2 Å². The molecule has 1 aliphatic heterocycles. The van der Waals surface area contributed by atoms with Gasteiger partial charge in [-0.1, -0.05) is 44.2 Å². The van der Waals surface area contributed by atoms with Crippen molar-refractivity contribution in [1.29, 1.82) is 0 Å². The first-order valence-electron chi connectivity index (χ1n) is 9.71. The van der Waals surface area contributed by atoms with Gasteiger partial charge in [0.1, 0.15) is 6.04 Å². The minimum atomic E-state index is -0.401. The van der Waals surface area contributed by atoms with Crippen molar-refractivity contribution in [3.05, 3.63) is 54.4 Å². The third-order valence-corrected chi connectivity index (χ3v) is 5.08. The summed E-state index contributed by atoms with van der Waals surface area (Å²) >= 11 is 0. The first kappa shape index (κ1) is 19.1. The molecule has 1 atom stereocenters. The lowest BCUT2D eigenvalue weighted by Crippen LogP contribution is -2.59. The number of rotatable bonds is 6. The molecule has 1 aromatic heterocycles. The number of nitrogens with zero attached hydrogens (tertiary/aromatic N) is 3. The Morgan fingerprint density at radius 2 is 1.89 bits per heavy atom. The van der Waals surface area contributed by atoms with E-state index in [4.69, 9.17) is 0 Å². The van der Waals surface area contributed by atoms with Crippen molar-refractivity contribution in [3.63, 3.8) is 0 Å². The van der Waals surface area contributed by atoms with Crippen LogP contribution in [0.3, 0.4) is 0 Å². The van der Waals surface area contributed by atoms with E-state index in [0.29, 0.717) is 25.9 Å². The van der Waals surface area contributed by atoms with Crippen LogP contribution in [-0.2, 0) is 16.0 Å². The third-order valence-electron chi connectivity index (χ3n) is 5.08. The molecular formula is C22H27N3O2. The Bertz CT molecular complexity index is 774. The van der Waals surface area contributed by atoms with Gasteiger partial charge in [0, 0.05) is 44.9 Å². The monoisotopic (exact) mass is 365 g/mol. The molecule has 3 rings (SSSR count). The lowest BCUT2D eigenvalue weighted by atomic mass is 9.98. The fourth-order valence-corrected chi connectivity index (χ4v) is 3.62. The number of amides is 2. The average Bonchev–Trinajstić information content (AvgIpc) is 2.72. The number of hydrogen-bond donors (Lipinski definition) is 0. The predicted molar refractivity (Wildman–Crippen MR) is 106 cm³/mol. The Labute approximate surface area is 161 Å². The van der Waals surface area contributed by atoms with Crippen LogP contribution in [0.4, 0.5) is 0 Å². The second-order valence-electron chi connectivity index (χ2n) is 6.92. The molecule has 0 radical (unpaired) electrons. The van der Waals surface area contributed by atoms with Crippen molar-refractivity contribution in [2.24, 2.45) is 0 Å². The SMILES string of the molecule is CCCN1CCN(C(=O)CC)C(Cc2ccc(-c3cccnc3)cc2)C1=O. The maximum absolute atomic E-state index is 13.0. The number of pyridine rings is 1. The van der Waals surface area contributed by atoms with E-state index in [0.717, 1.165) is 29.7 Å². The minimum Gasteiger partial charge on any atom is -0.339 e. The van der Waals surface area contributed by atoms with E-state index in [2.05, 4.69) is 24.0 Å². The quantitative estimate of drug-likeness (QED) is 0.790. The van der Waals surface area contributed by atoms with Crippen LogP contribution >= 0.6 is 0 Å². The molecule has 1 aromatic carbocycles. The summed E-state index contributed by atoms with van der Waals surface area (Å²) in [4.78, 5) is 33.1. The van der Waals surface area contributed by atoms with Crippen molar-refractivity contribution in [2.45, 2.75) is 39.2 Å². The molecule has 2 aromatic rings. The summed E-state index contributed by atoms with van der Waals surface area (Å²) in [6.45, 7) is 5.93. The predicted octanol–water partition coefficient (Wildman–Crippen LogP) is 3.15. The zero-order valence-electron chi connectivity index (χ0n) is 16.1. The fourth-order valence-electron chi connectivity index (χ4n) is 3.62. The topological polar surface area (TPSA) is 53.5 Å². The van der Waals surface area contributed by atoms with Gasteiger partial charge in [-0.25, -0.2) is 0 Å². The average molecular weight is 365 g/mol. The van der Waals surface area contributed by atoms with Gasteiger partial charge in [0.05, 0.1) is 0 Å². The smallest absolute Gasteiger partial charge is 0.245 e. The maximum atomic E-state index is 13.0. The van der Waals surface area contributed by atoms with E-state index < -0.39 is 6.04 Å². The molecule has 1 aliphatic rings. The summed E-state index contributed by atoms with van der Waals surface area (Å²) in [5, 5.41) is 0. The van der Waals surface area contributed by atoms with E-state index in [1.165, 1.54) is 0 Å². The lowest BCUT2D eigenvalue weighted by Gasteiger charge is -2.40. The summed E-state index contributed by atoms with van der Waals surface area (Å²) in [5.41, 5.74) is 3.22. The number of benzene rings is 1. The third kappa shape index (κ3) is 4.35. The Kier molecular flexibility index (Phi) is 6.22. The van der Waals surface area contributed by atoms with Gasteiger partial charge in [0.15, 0.2) is 0 Å². The normalized spacial score (nSPS) is 17.3. The molecule has 0 spiro atoms. The number of aromatic nitrogens is 1. The zero-order valence-corrected chi connectivity index (χ0v) is 16.1. The van der Waals surface area contributed by atoms with Gasteiger partial charge in [-0.2, -0.15) is 0 Å². The van der Waals surface area contributed by atoms with Crippen molar-refractivity contribution >= 4 is 11.8 Å². The second-order valence-corrected chi connectivity index (χ2v) is 6.92. The Morgan fingerprint density at radius 3 is 2.52 bits per heavy atom. The number of carbonyl (C=O) groups excluding carboxylic acids is 2. The van der Waals surface area contributed by atoms with Crippen molar-refractivity contribution in [2.75, 3.05) is 19.6 Å². The molecule has 142 valence electrons. The van der Waals surface area contributed by atoms with Crippen LogP contribution in [0.15, 0.2) is 48.8 Å². The molecule has 1 fully saturated rings. The van der Waals surface area contributed by atoms with Gasteiger partial charge < -0.3 is 9.80 Å². The van der Waals surface area contributed by atoms with E-state index >= 15 is 0 Å². The van der Waals surface area contributed by atoms with Crippen LogP contribution in [0, 0.1) is 0 Å². The zero-order chi connectivity index (χ0) is 19.2. The summed E-state index contributed by atoms with van der Waals surface area (Å²) in [6.07, 6.45) is 5.51. The summed E-state index contributed by atoms with van der Waals surface area (Å²) in [5.74, 6) is 0.123. The molecule has 1 unspecified atom stereocenters. The van der Waals surface area contributed by atoms with Crippen LogP contribution in [0.1, 0.15) is 32.3 Å². The molecule has 2 heterocycles. The highest BCUT2D eigenvalue weighted by atomic mass is 16.2. The first-order valence-corrected chi connectivity index (χ1v) is 9.71. The molecule has 27 heavy (non-hydrogen) atoms. The molecular weight excluding hydrogens is 338 g/mol. The summed E-state index contributed by atoms with van der Waals surface area (Å²) in [7, 11) is 0. The maximum Gasteiger partial charge on any atom is 0.245 e. The standard InChI is InChI=1S/C22H27N3O2/c1-3-12-24-13-14-25(21(26)4-2)20(22(24)27)15-17-7-9-18(10-8-17)19-6-5-11-23-16-19/h5-11,16,20H,3-4,12-15H2,1-2H3. The number of hydrogen-bond acceptors (Lipinski definition) is 3. The van der Waals surface area contributed by atoms with Gasteiger partial charge in [0.25, 0.3) is 0 Å². The molecule has 0 bridgehead atoms. The lowest BCUT2D eigenvalue weighted by molar-refractivity contribution is -0.151. The van der Waals surface area contributed by atoms with Gasteiger partial charge in [-0.3, -0.25) is 14.6 Å². The Hall–Kier alpha value is -2.69. The Morgan fingerprint density at radius 1 is 1.11 bits per heavy atom. The van der Waals surface area contributed by atoms with E-state index in [9.17, 15) is 9.59 Å². The number of piperazine rings is 1. The van der Waals surface area contributed by atoms with Crippen LogP contribution < -0.4 is 0 Å². The van der Waals surface area contributed by atoms with Crippen LogP contribution in [0.25, 0.3) is 11.1 Å². The van der Waals surface area contributed by atoms with E-state index in [1.807, 2.05) is 42.3 Å². The summed E-state index contributed by atoms with van der Waals surface area (Å²) in [6, 6.07) is 11.7. The van der Waals surface area contributed by atoms with Crippen molar-refractivity contribution in [3.8, 4) is 11.1 Å². The first-order chi connectivity index (χ1) is 13.1. The fraction of sp³-hybridized carbons (Fsp3) is 0.409. The highest BCUT2D eigenvalue weighted by Crippen LogP contribution is 2.22. The molecule has 5 heteroatoms. The Balaban J connectivity index is 1.79. The second kappa shape index (κ2) is 8.80. The highest BCUT2D eigenvalue weighted by molar-refractivity contribution is 5.89. The van der Waals surface area contributed by atoms with Crippen LogP contribution in [0.5, 0.6) is 0 Å². The van der Waals surface area contributed by atoms with Crippen molar-refractivity contribution < 1.29 is 9.59 Å². The van der Waals surface area contributed by atoms with Crippen LogP contribution in [0.2, 0.25) is 0 Å². The molecule has 0 N–H and O–H groups in total. The molecule has 0 aliphatic carbocycles. The van der Waals surface area contributed by atoms with Gasteiger partial charge in [0.2, 0.25) is 11.8 Å². The van der Waals surface area contributed by atoms with E-state index in [-0.39, 0.29) is 11.8 Å². The van der Waals surface area contributed by atoms with Gasteiger partial charge >= 0.3 is 0 Å². The molecule has 5 nitrogen and oxygen atoms in total. The molecule has 1 saturated heterocycles. The van der Waals surface area contributed by atoms with Crippen molar-refractivity contribution in [1.82, 2.24) is 14.8 Å². The molecule has 0 saturated carbocycles. The summed E-state index contributed by atoms with van der Waals surface area (Å²) < 4.78 is 0. The van der Waals surface area contributed by atoms with Crippen LogP contribution in [-0.4, -0.2) is 52.3 Å². The number of carbonyl (C=O) groups is 2. The largest absolute Gasteiger partial charge is 0.339 e. The van der Waals surface area contributed by atoms with Gasteiger partial charge in [-0.15, -0.1) is 0 Å². The molecule has 2 amide bonds. The minimum absolute atomic E-state index is 0.0523. The highest BCUT2D eigenvalue weighted by Gasteiger charge is 2.36. The van der Waals surface area contributed by atoms with E-state index in [1.54, 1.807) is 11.1 Å².